The zero-order valence-corrected chi connectivity index (χ0v) is 17.2. The van der Waals surface area contributed by atoms with Gasteiger partial charge < -0.3 is 4.90 Å². The molecule has 0 saturated carbocycles. The molecule has 0 radical (unpaired) electrons. The maximum absolute atomic E-state index is 13.3. The van der Waals surface area contributed by atoms with Crippen LogP contribution in [0.1, 0.15) is 22.3 Å². The van der Waals surface area contributed by atoms with Gasteiger partial charge >= 0.3 is 6.18 Å². The third-order valence-corrected chi connectivity index (χ3v) is 6.00. The van der Waals surface area contributed by atoms with E-state index in [1.807, 2.05) is 24.3 Å². The number of carbonyl (C=O) groups is 1. The third kappa shape index (κ3) is 3.80. The van der Waals surface area contributed by atoms with Crippen LogP contribution in [0.5, 0.6) is 0 Å². The lowest BCUT2D eigenvalue weighted by atomic mass is 10.0. The number of anilines is 1. The van der Waals surface area contributed by atoms with Gasteiger partial charge in [0.25, 0.3) is 5.91 Å². The summed E-state index contributed by atoms with van der Waals surface area (Å²) in [5, 5.41) is 0. The number of hydrogen-bond acceptors (Lipinski definition) is 2. The second-order valence-electron chi connectivity index (χ2n) is 8.11. The van der Waals surface area contributed by atoms with Crippen molar-refractivity contribution in [2.24, 2.45) is 4.99 Å². The number of quaternary nitrogens is 1. The number of aliphatic imine (C=N–C) groups is 1. The summed E-state index contributed by atoms with van der Waals surface area (Å²) in [6.45, 7) is 2.21. The summed E-state index contributed by atoms with van der Waals surface area (Å²) in [5.74, 6) is -0.282. The Kier molecular flexibility index (Phi) is 5.06. The van der Waals surface area contributed by atoms with Gasteiger partial charge in [0.15, 0.2) is 6.67 Å². The van der Waals surface area contributed by atoms with Crippen molar-refractivity contribution < 1.29 is 22.9 Å². The Hall–Kier alpha value is -3.45. The monoisotopic (exact) mass is 436 g/mol. The molecule has 3 aromatic carbocycles. The molecular formula is C25H21F3N3O+. The van der Waals surface area contributed by atoms with Crippen LogP contribution in [0.15, 0.2) is 77.8 Å². The average Bonchev–Trinajstić information content (AvgIpc) is 3.05. The summed E-state index contributed by atoms with van der Waals surface area (Å²) < 4.78 is 39.3. The molecule has 1 unspecified atom stereocenters. The summed E-state index contributed by atoms with van der Waals surface area (Å²) in [4.78, 5) is 20.6. The smallest absolute Gasteiger partial charge is 0.313 e. The van der Waals surface area contributed by atoms with Crippen molar-refractivity contribution >= 4 is 23.0 Å². The van der Waals surface area contributed by atoms with Gasteiger partial charge in [-0.05, 0) is 29.8 Å². The van der Waals surface area contributed by atoms with Crippen molar-refractivity contribution in [2.45, 2.75) is 19.1 Å². The number of alkyl halides is 3. The molecule has 7 heteroatoms. The topological polar surface area (TPSA) is 37.1 Å². The molecule has 0 saturated heterocycles. The number of amides is 1. The summed E-state index contributed by atoms with van der Waals surface area (Å²) in [7, 11) is 0. The lowest BCUT2D eigenvalue weighted by Gasteiger charge is -2.29. The molecule has 1 atom stereocenters. The van der Waals surface area contributed by atoms with Crippen LogP contribution >= 0.6 is 0 Å². The Morgan fingerprint density at radius 3 is 2.50 bits per heavy atom. The van der Waals surface area contributed by atoms with E-state index in [-0.39, 0.29) is 17.3 Å². The Labute approximate surface area is 183 Å². The van der Waals surface area contributed by atoms with E-state index in [9.17, 15) is 18.0 Å². The van der Waals surface area contributed by atoms with E-state index in [1.54, 1.807) is 17.0 Å². The third-order valence-electron chi connectivity index (χ3n) is 6.00. The number of fused-ring (bicyclic) bond motifs is 2. The number of halogens is 3. The largest absolute Gasteiger partial charge is 0.416 e. The number of benzene rings is 3. The second kappa shape index (κ2) is 7.91. The molecule has 0 spiro atoms. The highest BCUT2D eigenvalue weighted by Gasteiger charge is 2.37. The van der Waals surface area contributed by atoms with Gasteiger partial charge in [-0.2, -0.15) is 13.2 Å². The molecule has 4 nitrogen and oxygen atoms in total. The van der Waals surface area contributed by atoms with Crippen LogP contribution in [0.4, 0.5) is 24.5 Å². The molecule has 1 N–H and O–H groups in total. The highest BCUT2D eigenvalue weighted by molar-refractivity contribution is 6.54. The predicted molar refractivity (Wildman–Crippen MR) is 116 cm³/mol. The number of carbonyl (C=O) groups excluding carboxylic acids is 1. The van der Waals surface area contributed by atoms with Gasteiger partial charge in [-0.1, -0.05) is 48.5 Å². The lowest BCUT2D eigenvalue weighted by molar-refractivity contribution is -0.914. The Morgan fingerprint density at radius 2 is 1.69 bits per heavy atom. The summed E-state index contributed by atoms with van der Waals surface area (Å²) in [5.41, 5.74) is 3.52. The Balaban J connectivity index is 1.45. The Morgan fingerprint density at radius 1 is 0.938 bits per heavy atom. The number of hydrogen-bond donors (Lipinski definition) is 1. The molecule has 2 aliphatic heterocycles. The van der Waals surface area contributed by atoms with Gasteiger partial charge in [0.05, 0.1) is 23.5 Å². The molecule has 2 aliphatic rings. The van der Waals surface area contributed by atoms with E-state index in [2.05, 4.69) is 17.1 Å². The van der Waals surface area contributed by atoms with Crippen LogP contribution in [0.25, 0.3) is 0 Å². The normalized spacial score (nSPS) is 19.2. The zero-order valence-electron chi connectivity index (χ0n) is 17.2. The molecule has 162 valence electrons. The number of para-hydroxylation sites is 1. The summed E-state index contributed by atoms with van der Waals surface area (Å²) in [6, 6.07) is 20.4. The van der Waals surface area contributed by atoms with Crippen molar-refractivity contribution in [3.05, 3.63) is 95.1 Å². The van der Waals surface area contributed by atoms with Crippen molar-refractivity contribution in [1.82, 2.24) is 0 Å². The molecule has 0 bridgehead atoms. The van der Waals surface area contributed by atoms with Crippen LogP contribution in [0.3, 0.4) is 0 Å². The highest BCUT2D eigenvalue weighted by Crippen LogP contribution is 2.33. The van der Waals surface area contributed by atoms with Crippen LogP contribution in [-0.4, -0.2) is 24.8 Å². The van der Waals surface area contributed by atoms with Gasteiger partial charge in [-0.25, -0.2) is 4.99 Å². The van der Waals surface area contributed by atoms with Gasteiger partial charge in [0, 0.05) is 17.5 Å². The van der Waals surface area contributed by atoms with Crippen molar-refractivity contribution in [2.75, 3.05) is 18.1 Å². The van der Waals surface area contributed by atoms with Crippen LogP contribution in [0, 0.1) is 0 Å². The van der Waals surface area contributed by atoms with E-state index in [1.165, 1.54) is 28.2 Å². The minimum atomic E-state index is -4.46. The molecule has 0 fully saturated rings. The van der Waals surface area contributed by atoms with Crippen molar-refractivity contribution in [3.8, 4) is 0 Å². The highest BCUT2D eigenvalue weighted by atomic mass is 19.4. The van der Waals surface area contributed by atoms with E-state index in [0.717, 1.165) is 37.3 Å². The van der Waals surface area contributed by atoms with Gasteiger partial charge in [0.2, 0.25) is 0 Å². The summed E-state index contributed by atoms with van der Waals surface area (Å²) in [6.07, 6.45) is -3.52. The molecule has 3 aromatic rings. The molecule has 0 aliphatic carbocycles. The molecule has 0 aromatic heterocycles. The number of nitrogens with zero attached hydrogens (tertiary/aromatic N) is 2. The first-order chi connectivity index (χ1) is 15.4. The number of nitrogens with one attached hydrogen (secondary N) is 1. The Bertz CT molecular complexity index is 1220. The van der Waals surface area contributed by atoms with Crippen LogP contribution < -0.4 is 9.80 Å². The van der Waals surface area contributed by atoms with E-state index in [0.29, 0.717) is 12.2 Å². The average molecular weight is 436 g/mol. The predicted octanol–water partition coefficient (Wildman–Crippen LogP) is 3.77. The fourth-order valence-corrected chi connectivity index (χ4v) is 4.41. The van der Waals surface area contributed by atoms with Crippen molar-refractivity contribution in [1.29, 1.82) is 0 Å². The van der Waals surface area contributed by atoms with Crippen LogP contribution in [-0.2, 0) is 23.9 Å². The molecule has 2 heterocycles. The minimum Gasteiger partial charge on any atom is -0.313 e. The van der Waals surface area contributed by atoms with Crippen LogP contribution in [0.2, 0.25) is 0 Å². The maximum Gasteiger partial charge on any atom is 0.416 e. The fraction of sp³-hybridized carbons (Fsp3) is 0.200. The SMILES string of the molecule is O=C1C(=Nc2cccc(C(F)(F)F)c2)c2ccccc2N1C[NH+]1CCc2ccccc2C1. The minimum absolute atomic E-state index is 0.110. The molecule has 32 heavy (non-hydrogen) atoms. The van der Waals surface area contributed by atoms with Gasteiger partial charge in [-0.3, -0.25) is 9.69 Å². The molecular weight excluding hydrogens is 415 g/mol. The molecule has 5 rings (SSSR count). The van der Waals surface area contributed by atoms with Crippen molar-refractivity contribution in [3.63, 3.8) is 0 Å². The first kappa shape index (κ1) is 20.5. The second-order valence-corrected chi connectivity index (χ2v) is 8.11. The standard InChI is InChI=1S/C25H20F3N3O/c26-25(27,28)19-8-5-9-20(14-19)29-23-21-10-3-4-11-22(21)31(24(23)32)16-30-13-12-17-6-1-2-7-18(17)15-30/h1-11,14H,12-13,15-16H2/p+1. The zero-order chi connectivity index (χ0) is 22.3. The van der Waals surface area contributed by atoms with E-state index < -0.39 is 11.7 Å². The quantitative estimate of drug-likeness (QED) is 0.667. The first-order valence-corrected chi connectivity index (χ1v) is 10.5. The fourth-order valence-electron chi connectivity index (χ4n) is 4.41. The first-order valence-electron chi connectivity index (χ1n) is 10.5. The number of rotatable bonds is 3. The summed E-state index contributed by atoms with van der Waals surface area (Å²) >= 11 is 0. The van der Waals surface area contributed by atoms with Gasteiger partial charge in [0.1, 0.15) is 12.3 Å². The van der Waals surface area contributed by atoms with E-state index in [4.69, 9.17) is 0 Å². The lowest BCUT2D eigenvalue weighted by Crippen LogP contribution is -3.13. The van der Waals surface area contributed by atoms with Gasteiger partial charge in [-0.15, -0.1) is 0 Å². The maximum atomic E-state index is 13.3. The van der Waals surface area contributed by atoms with E-state index >= 15 is 0 Å². The molecule has 1 amide bonds.